The van der Waals surface area contributed by atoms with Gasteiger partial charge in [0.2, 0.25) is 0 Å². The molecule has 0 aromatic heterocycles. The van der Waals surface area contributed by atoms with Crippen molar-refractivity contribution in [1.29, 1.82) is 0 Å². The number of hydrogen-bond acceptors (Lipinski definition) is 0. The number of benzene rings is 2. The molecule has 0 aliphatic rings. The Morgan fingerprint density at radius 2 is 0.789 bits per heavy atom. The molecule has 0 N–H and O–H groups in total. The summed E-state index contributed by atoms with van der Waals surface area (Å²) in [6.45, 7) is 42.0. The molecule has 0 saturated heterocycles. The van der Waals surface area contributed by atoms with Crippen LogP contribution in [0, 0.1) is 0 Å². The fourth-order valence-corrected chi connectivity index (χ4v) is 17.7. The van der Waals surface area contributed by atoms with E-state index in [2.05, 4.69) is 153 Å². The van der Waals surface area contributed by atoms with Gasteiger partial charge in [-0.1, -0.05) is 0 Å². The van der Waals surface area contributed by atoms with Gasteiger partial charge in [-0.05, 0) is 0 Å². The molecule has 0 aliphatic heterocycles. The molecule has 0 aliphatic carbocycles. The van der Waals surface area contributed by atoms with E-state index in [-0.39, 0.29) is 10.8 Å². The van der Waals surface area contributed by atoms with E-state index >= 15 is 0 Å². The second-order valence-corrected chi connectivity index (χ2v) is 28.6. The van der Waals surface area contributed by atoms with Crippen molar-refractivity contribution in [2.45, 2.75) is 130 Å². The molecule has 0 amide bonds. The fraction of sp³-hybridized carbons (Fsp3) is 0.657. The first kappa shape index (κ1) is 33.9. The van der Waals surface area contributed by atoms with E-state index < -0.39 is 22.4 Å². The van der Waals surface area contributed by atoms with Gasteiger partial charge in [0.1, 0.15) is 0 Å². The van der Waals surface area contributed by atoms with Crippen LogP contribution in [0.25, 0.3) is 0 Å². The molecule has 0 bridgehead atoms. The first-order chi connectivity index (χ1) is 17.1. The van der Waals surface area contributed by atoms with Crippen LogP contribution in [0.2, 0.25) is 0 Å². The average Bonchev–Trinajstić information content (AvgIpc) is 2.79. The maximum atomic E-state index is 2.67. The van der Waals surface area contributed by atoms with E-state index in [4.69, 9.17) is 0 Å². The SMILES string of the molecule is CC(C)[PH](C)(c1cc(C(C)(C)C)ccc1P(C)c1ccc(C(C)(C)C)cc1[PH](C)(C(C)C)C(C)C)C(C)C. The Labute approximate surface area is 241 Å². The van der Waals surface area contributed by atoms with Crippen LogP contribution in [-0.2, 0) is 10.8 Å². The molecule has 0 spiro atoms. The van der Waals surface area contributed by atoms with Crippen LogP contribution in [0.15, 0.2) is 36.4 Å². The molecule has 2 aromatic carbocycles. The summed E-state index contributed by atoms with van der Waals surface area (Å²) in [6.07, 6.45) is 0. The molecule has 0 fully saturated rings. The molecule has 38 heavy (non-hydrogen) atoms. The van der Waals surface area contributed by atoms with Crippen LogP contribution in [0.1, 0.15) is 108 Å². The van der Waals surface area contributed by atoms with Crippen molar-refractivity contribution in [3.63, 3.8) is 0 Å². The number of rotatable bonds is 8. The molecule has 3 heteroatoms. The van der Waals surface area contributed by atoms with Gasteiger partial charge in [-0.25, -0.2) is 0 Å². The number of hydrogen-bond donors (Lipinski definition) is 0. The minimum atomic E-state index is -1.75. The summed E-state index contributed by atoms with van der Waals surface area (Å²) in [7, 11) is -3.97. The first-order valence-corrected chi connectivity index (χ1v) is 22.2. The summed E-state index contributed by atoms with van der Waals surface area (Å²) in [4.78, 5) is 0. The Hall–Kier alpha value is -0.270. The predicted molar refractivity (Wildman–Crippen MR) is 191 cm³/mol. The van der Waals surface area contributed by atoms with Gasteiger partial charge in [0.05, 0.1) is 0 Å². The third-order valence-electron chi connectivity index (χ3n) is 10.4. The van der Waals surface area contributed by atoms with Crippen molar-refractivity contribution in [1.82, 2.24) is 0 Å². The summed E-state index contributed by atoms with van der Waals surface area (Å²) in [6, 6.07) is 15.3. The van der Waals surface area contributed by atoms with E-state index in [9.17, 15) is 0 Å². The second kappa shape index (κ2) is 11.9. The quantitative estimate of drug-likeness (QED) is 0.275. The van der Waals surface area contributed by atoms with Crippen molar-refractivity contribution >= 4 is 43.7 Å². The van der Waals surface area contributed by atoms with Gasteiger partial charge in [-0.3, -0.25) is 0 Å². The van der Waals surface area contributed by atoms with Gasteiger partial charge in [0.15, 0.2) is 0 Å². The molecular formula is C35H63P3. The molecule has 218 valence electrons. The Kier molecular flexibility index (Phi) is 10.6. The molecule has 0 unspecified atom stereocenters. The van der Waals surface area contributed by atoms with Gasteiger partial charge in [0, 0.05) is 0 Å². The predicted octanol–water partition coefficient (Wildman–Crippen LogP) is 8.99. The van der Waals surface area contributed by atoms with Gasteiger partial charge in [0.25, 0.3) is 0 Å². The fourth-order valence-electron chi connectivity index (χ4n) is 6.16. The van der Waals surface area contributed by atoms with E-state index in [1.807, 2.05) is 0 Å². The third kappa shape index (κ3) is 6.45. The zero-order valence-corrected chi connectivity index (χ0v) is 31.1. The standard InChI is InChI=1S/C35H63P3/c1-24(2)37(16,25(3)4)32-22-28(34(9,10)11)18-20-30(32)36(15)31-21-19-29(35(12,13)14)23-33(31)38(17,26(5)6)27(7)8/h18-27,37-38H,1-17H3. The van der Waals surface area contributed by atoms with Crippen molar-refractivity contribution in [2.75, 3.05) is 20.0 Å². The first-order valence-electron chi connectivity index (χ1n) is 15.1. The normalized spacial score (nSPS) is 15.6. The van der Waals surface area contributed by atoms with Crippen LogP contribution in [-0.4, -0.2) is 42.6 Å². The molecule has 0 heterocycles. The molecule has 2 rings (SSSR count). The summed E-state index contributed by atoms with van der Waals surface area (Å²) in [5.74, 6) is 0. The van der Waals surface area contributed by atoms with Crippen molar-refractivity contribution in [2.24, 2.45) is 0 Å². The molecular weight excluding hydrogens is 513 g/mol. The third-order valence-corrected chi connectivity index (χ3v) is 25.8. The Morgan fingerprint density at radius 1 is 0.526 bits per heavy atom. The zero-order valence-electron chi connectivity index (χ0n) is 28.2. The van der Waals surface area contributed by atoms with Gasteiger partial charge < -0.3 is 0 Å². The molecule has 0 nitrogen and oxygen atoms in total. The topological polar surface area (TPSA) is 0 Å². The van der Waals surface area contributed by atoms with Crippen molar-refractivity contribution < 1.29 is 0 Å². The van der Waals surface area contributed by atoms with E-state index in [0.29, 0.717) is 22.6 Å². The summed E-state index contributed by atoms with van der Waals surface area (Å²) in [5, 5.41) is 6.76. The van der Waals surface area contributed by atoms with Gasteiger partial charge >= 0.3 is 242 Å². The van der Waals surface area contributed by atoms with Crippen molar-refractivity contribution in [3.8, 4) is 0 Å². The minimum absolute atomic E-state index is 0.160. The Bertz CT molecular complexity index is 990. The van der Waals surface area contributed by atoms with Gasteiger partial charge in [-0.2, -0.15) is 0 Å². The van der Waals surface area contributed by atoms with E-state index in [0.717, 1.165) is 0 Å². The monoisotopic (exact) mass is 576 g/mol. The maximum absolute atomic E-state index is 2.67. The summed E-state index contributed by atoms with van der Waals surface area (Å²) >= 11 is 0. The van der Waals surface area contributed by atoms with E-state index in [1.54, 1.807) is 21.2 Å². The van der Waals surface area contributed by atoms with Crippen LogP contribution in [0.3, 0.4) is 0 Å². The van der Waals surface area contributed by atoms with Crippen LogP contribution in [0.4, 0.5) is 0 Å². The van der Waals surface area contributed by atoms with Crippen LogP contribution >= 0.6 is 22.4 Å². The molecule has 2 aromatic rings. The van der Waals surface area contributed by atoms with Crippen LogP contribution in [0.5, 0.6) is 0 Å². The second-order valence-electron chi connectivity index (χ2n) is 15.7. The average molecular weight is 577 g/mol. The molecule has 0 atom stereocenters. The Morgan fingerprint density at radius 3 is 1.00 bits per heavy atom. The van der Waals surface area contributed by atoms with Crippen molar-refractivity contribution in [3.05, 3.63) is 47.5 Å². The summed E-state index contributed by atoms with van der Waals surface area (Å²) in [5.41, 5.74) is 6.11. The summed E-state index contributed by atoms with van der Waals surface area (Å²) < 4.78 is 0. The Balaban J connectivity index is 2.99. The van der Waals surface area contributed by atoms with Gasteiger partial charge in [-0.15, -0.1) is 0 Å². The van der Waals surface area contributed by atoms with E-state index in [1.165, 1.54) is 11.1 Å². The molecule has 0 saturated carbocycles. The zero-order chi connectivity index (χ0) is 29.6. The van der Waals surface area contributed by atoms with Crippen LogP contribution < -0.4 is 21.2 Å². The molecule has 0 radical (unpaired) electrons.